The van der Waals surface area contributed by atoms with Gasteiger partial charge in [-0.3, -0.25) is 4.79 Å². The molecule has 1 N–H and O–H groups in total. The molecule has 0 aliphatic carbocycles. The largest absolute Gasteiger partial charge is 0.487 e. The summed E-state index contributed by atoms with van der Waals surface area (Å²) in [5.74, 6) is 0.373. The molecule has 1 saturated heterocycles. The van der Waals surface area contributed by atoms with Crippen LogP contribution in [0, 0.1) is 12.8 Å². The number of nitrogens with one attached hydrogen (secondary N) is 1. The number of hydrogen-bond acceptors (Lipinski definition) is 4. The first-order valence-electron chi connectivity index (χ1n) is 11.9. The number of amides is 1. The molecule has 2 atom stereocenters. The van der Waals surface area contributed by atoms with Gasteiger partial charge in [0.05, 0.1) is 16.9 Å². The van der Waals surface area contributed by atoms with E-state index in [0.717, 1.165) is 29.7 Å². The zero-order valence-corrected chi connectivity index (χ0v) is 20.5. The second-order valence-corrected chi connectivity index (χ2v) is 11.2. The molecule has 0 spiro atoms. The van der Waals surface area contributed by atoms with Crippen LogP contribution in [0.5, 0.6) is 5.75 Å². The second kappa shape index (κ2) is 9.47. The first-order chi connectivity index (χ1) is 15.8. The van der Waals surface area contributed by atoms with Gasteiger partial charge in [0.1, 0.15) is 11.4 Å². The van der Waals surface area contributed by atoms with Crippen molar-refractivity contribution in [2.75, 3.05) is 13.1 Å². The van der Waals surface area contributed by atoms with E-state index in [2.05, 4.69) is 19.2 Å². The van der Waals surface area contributed by atoms with E-state index in [1.165, 1.54) is 4.31 Å². The Kier molecular flexibility index (Phi) is 6.82. The lowest BCUT2D eigenvalue weighted by molar-refractivity contribution is -0.127. The highest BCUT2D eigenvalue weighted by molar-refractivity contribution is 7.89. The fourth-order valence-electron chi connectivity index (χ4n) is 4.95. The number of aryl methyl sites for hydroxylation is 1. The van der Waals surface area contributed by atoms with Crippen LogP contribution in [-0.2, 0) is 14.8 Å². The summed E-state index contributed by atoms with van der Waals surface area (Å²) in [5, 5.41) is 3.25. The smallest absolute Gasteiger partial charge is 0.243 e. The average Bonchev–Trinajstić information content (AvgIpc) is 2.84. The minimum Gasteiger partial charge on any atom is -0.487 e. The number of piperidine rings is 1. The van der Waals surface area contributed by atoms with E-state index in [0.29, 0.717) is 25.8 Å². The molecule has 2 aliphatic rings. The number of carbonyl (C=O) groups is 1. The SMILES string of the molecule is CCC1(CC)C[C@H](NC(=O)[C@H]2CCCN(S(=O)(=O)c3ccc(C)cc3)C2)c2ccccc2O1. The molecule has 178 valence electrons. The molecule has 7 heteroatoms. The molecule has 2 heterocycles. The fourth-order valence-corrected chi connectivity index (χ4v) is 6.48. The molecular formula is C26H34N2O4S. The van der Waals surface area contributed by atoms with Crippen molar-refractivity contribution in [2.45, 2.75) is 69.4 Å². The molecule has 2 aromatic carbocycles. The molecule has 0 unspecified atom stereocenters. The molecule has 1 amide bonds. The number of ether oxygens (including phenoxy) is 1. The van der Waals surface area contributed by atoms with Crippen LogP contribution in [0.2, 0.25) is 0 Å². The Bertz CT molecular complexity index is 1090. The van der Waals surface area contributed by atoms with Gasteiger partial charge in [-0.25, -0.2) is 8.42 Å². The van der Waals surface area contributed by atoms with Crippen LogP contribution in [0.15, 0.2) is 53.4 Å². The minimum absolute atomic E-state index is 0.0818. The molecule has 33 heavy (non-hydrogen) atoms. The Hall–Kier alpha value is -2.38. The molecule has 0 aromatic heterocycles. The van der Waals surface area contributed by atoms with Gasteiger partial charge in [0, 0.05) is 25.1 Å². The van der Waals surface area contributed by atoms with Gasteiger partial charge < -0.3 is 10.1 Å². The molecule has 0 saturated carbocycles. The highest BCUT2D eigenvalue weighted by atomic mass is 32.2. The van der Waals surface area contributed by atoms with Gasteiger partial charge in [0.25, 0.3) is 0 Å². The van der Waals surface area contributed by atoms with Crippen molar-refractivity contribution in [3.63, 3.8) is 0 Å². The van der Waals surface area contributed by atoms with Gasteiger partial charge >= 0.3 is 0 Å². The van der Waals surface area contributed by atoms with Crippen molar-refractivity contribution < 1.29 is 17.9 Å². The van der Waals surface area contributed by atoms with Crippen molar-refractivity contribution >= 4 is 15.9 Å². The molecule has 4 rings (SSSR count). The molecule has 6 nitrogen and oxygen atoms in total. The maximum atomic E-state index is 13.3. The summed E-state index contributed by atoms with van der Waals surface area (Å²) in [6.07, 6.45) is 3.78. The third-order valence-electron chi connectivity index (χ3n) is 7.22. The number of benzene rings is 2. The quantitative estimate of drug-likeness (QED) is 0.670. The predicted octanol–water partition coefficient (Wildman–Crippen LogP) is 4.59. The number of para-hydroxylation sites is 1. The molecule has 0 radical (unpaired) electrons. The first-order valence-corrected chi connectivity index (χ1v) is 13.4. The first kappa shape index (κ1) is 23.8. The zero-order valence-electron chi connectivity index (χ0n) is 19.7. The number of fused-ring (bicyclic) bond motifs is 1. The normalized spacial score (nSPS) is 22.8. The van der Waals surface area contributed by atoms with Gasteiger partial charge in [-0.2, -0.15) is 4.31 Å². The summed E-state index contributed by atoms with van der Waals surface area (Å²) in [6, 6.07) is 14.6. The number of nitrogens with zero attached hydrogens (tertiary/aromatic N) is 1. The molecule has 1 fully saturated rings. The van der Waals surface area contributed by atoms with Gasteiger partial charge in [-0.1, -0.05) is 49.7 Å². The van der Waals surface area contributed by atoms with E-state index in [1.807, 2.05) is 31.2 Å². The summed E-state index contributed by atoms with van der Waals surface area (Å²) < 4.78 is 34.1. The summed E-state index contributed by atoms with van der Waals surface area (Å²) >= 11 is 0. The van der Waals surface area contributed by atoms with Gasteiger partial charge in [-0.05, 0) is 50.8 Å². The topological polar surface area (TPSA) is 75.7 Å². The predicted molar refractivity (Wildman–Crippen MR) is 129 cm³/mol. The second-order valence-electron chi connectivity index (χ2n) is 9.31. The molecular weight excluding hydrogens is 436 g/mol. The van der Waals surface area contributed by atoms with E-state index in [4.69, 9.17) is 4.74 Å². The van der Waals surface area contributed by atoms with E-state index in [-0.39, 0.29) is 34.9 Å². The Balaban J connectivity index is 1.51. The maximum absolute atomic E-state index is 13.3. The minimum atomic E-state index is -3.62. The third-order valence-corrected chi connectivity index (χ3v) is 9.10. The monoisotopic (exact) mass is 470 g/mol. The van der Waals surface area contributed by atoms with Crippen molar-refractivity contribution in [3.05, 3.63) is 59.7 Å². The van der Waals surface area contributed by atoms with Crippen molar-refractivity contribution in [1.29, 1.82) is 0 Å². The summed E-state index contributed by atoms with van der Waals surface area (Å²) in [7, 11) is -3.62. The Labute approximate surface area is 197 Å². The summed E-state index contributed by atoms with van der Waals surface area (Å²) in [6.45, 7) is 6.81. The van der Waals surface area contributed by atoms with Crippen LogP contribution in [-0.4, -0.2) is 37.3 Å². The zero-order chi connectivity index (χ0) is 23.6. The average molecular weight is 471 g/mol. The Morgan fingerprint density at radius 2 is 1.82 bits per heavy atom. The summed E-state index contributed by atoms with van der Waals surface area (Å²) in [5.41, 5.74) is 1.69. The number of sulfonamides is 1. The van der Waals surface area contributed by atoms with Crippen molar-refractivity contribution in [1.82, 2.24) is 9.62 Å². The van der Waals surface area contributed by atoms with Crippen LogP contribution in [0.1, 0.15) is 63.1 Å². The van der Waals surface area contributed by atoms with E-state index in [9.17, 15) is 13.2 Å². The highest BCUT2D eigenvalue weighted by Crippen LogP contribution is 2.42. The van der Waals surface area contributed by atoms with E-state index < -0.39 is 10.0 Å². The van der Waals surface area contributed by atoms with Crippen molar-refractivity contribution in [2.24, 2.45) is 5.92 Å². The number of hydrogen-bond donors (Lipinski definition) is 1. The Morgan fingerprint density at radius 1 is 1.12 bits per heavy atom. The van der Waals surface area contributed by atoms with E-state index in [1.54, 1.807) is 24.3 Å². The van der Waals surface area contributed by atoms with Crippen LogP contribution in [0.3, 0.4) is 0 Å². The maximum Gasteiger partial charge on any atom is 0.243 e. The molecule has 0 bridgehead atoms. The summed E-state index contributed by atoms with van der Waals surface area (Å²) in [4.78, 5) is 13.6. The van der Waals surface area contributed by atoms with Crippen LogP contribution >= 0.6 is 0 Å². The molecule has 2 aromatic rings. The number of rotatable bonds is 6. The van der Waals surface area contributed by atoms with Crippen LogP contribution < -0.4 is 10.1 Å². The molecule has 2 aliphatic heterocycles. The van der Waals surface area contributed by atoms with Gasteiger partial charge in [-0.15, -0.1) is 0 Å². The standard InChI is InChI=1S/C26H34N2O4S/c1-4-26(5-2)17-23(22-10-6-7-11-24(22)32-26)27-25(29)20-9-8-16-28(18-20)33(30,31)21-14-12-19(3)13-15-21/h6-7,10-15,20,23H,4-5,8-9,16-18H2,1-3H3,(H,27,29)/t20-,23-/m0/s1. The Morgan fingerprint density at radius 3 is 2.52 bits per heavy atom. The third kappa shape index (κ3) is 4.80. The van der Waals surface area contributed by atoms with Crippen molar-refractivity contribution in [3.8, 4) is 5.75 Å². The highest BCUT2D eigenvalue weighted by Gasteiger charge is 2.40. The van der Waals surface area contributed by atoms with Gasteiger partial charge in [0.15, 0.2) is 0 Å². The van der Waals surface area contributed by atoms with Crippen LogP contribution in [0.25, 0.3) is 0 Å². The fraction of sp³-hybridized carbons (Fsp3) is 0.500. The van der Waals surface area contributed by atoms with Gasteiger partial charge in [0.2, 0.25) is 15.9 Å². The van der Waals surface area contributed by atoms with Crippen LogP contribution in [0.4, 0.5) is 0 Å². The number of carbonyl (C=O) groups excluding carboxylic acids is 1. The lowest BCUT2D eigenvalue weighted by atomic mass is 9.83. The lowest BCUT2D eigenvalue weighted by Gasteiger charge is -2.42. The van der Waals surface area contributed by atoms with E-state index >= 15 is 0 Å². The lowest BCUT2D eigenvalue weighted by Crippen LogP contribution is -2.49.